The number of hydrogen-bond donors (Lipinski definition) is 2. The maximum absolute atomic E-state index is 10.3. The summed E-state index contributed by atoms with van der Waals surface area (Å²) in [6, 6.07) is 4.73. The first-order chi connectivity index (χ1) is 8.48. The molecule has 2 atom stereocenters. The molecule has 0 radical (unpaired) electrons. The first-order valence-electron chi connectivity index (χ1n) is 6.62. The van der Waals surface area contributed by atoms with Crippen LogP contribution in [-0.4, -0.2) is 42.8 Å². The van der Waals surface area contributed by atoms with E-state index in [1.165, 1.54) is 17.7 Å². The monoisotopic (exact) mass is 268 g/mol. The average molecular weight is 268 g/mol. The molecule has 1 aromatic rings. The van der Waals surface area contributed by atoms with Gasteiger partial charge in [0.2, 0.25) is 0 Å². The van der Waals surface area contributed by atoms with E-state index in [1.807, 2.05) is 37.3 Å². The maximum atomic E-state index is 10.3. The number of likely N-dealkylation sites (N-methyl/N-ethyl adjacent to an activating group) is 1. The molecule has 4 heteroatoms. The molecule has 2 unspecified atom stereocenters. The Bertz CT molecular complexity index is 358. The molecule has 18 heavy (non-hydrogen) atoms. The highest BCUT2D eigenvalue weighted by Gasteiger charge is 2.34. The van der Waals surface area contributed by atoms with Crippen LogP contribution in [0.25, 0.3) is 0 Å². The molecule has 2 N–H and O–H groups in total. The molecule has 1 aliphatic rings. The second kappa shape index (κ2) is 5.70. The first kappa shape index (κ1) is 14.0. The van der Waals surface area contributed by atoms with E-state index in [1.54, 1.807) is 0 Å². The molecular weight excluding hydrogens is 244 g/mol. The summed E-state index contributed by atoms with van der Waals surface area (Å²) in [4.78, 5) is 3.43. The second-order valence-electron chi connectivity index (χ2n) is 5.95. The Morgan fingerprint density at radius 2 is 2.28 bits per heavy atom. The third kappa shape index (κ3) is 4.05. The molecule has 0 amide bonds. The zero-order valence-corrected chi connectivity index (χ0v) is 12.3. The third-order valence-corrected chi connectivity index (χ3v) is 4.26. The first-order valence-corrected chi connectivity index (χ1v) is 7.50. The van der Waals surface area contributed by atoms with Gasteiger partial charge < -0.3 is 15.3 Å². The topological polar surface area (TPSA) is 35.5 Å². The highest BCUT2D eigenvalue weighted by molar-refractivity contribution is 7.10. The van der Waals surface area contributed by atoms with Crippen LogP contribution in [0.1, 0.15) is 30.7 Å². The van der Waals surface area contributed by atoms with Crippen molar-refractivity contribution in [2.75, 3.05) is 27.2 Å². The van der Waals surface area contributed by atoms with Crippen molar-refractivity contribution in [3.8, 4) is 0 Å². The van der Waals surface area contributed by atoms with Gasteiger partial charge in [0.1, 0.15) is 0 Å². The molecule has 1 aromatic heterocycles. The summed E-state index contributed by atoms with van der Waals surface area (Å²) in [6.45, 7) is 3.23. The van der Waals surface area contributed by atoms with Crippen molar-refractivity contribution in [1.82, 2.24) is 10.2 Å². The Hall–Kier alpha value is -0.420. The Morgan fingerprint density at radius 1 is 1.56 bits per heavy atom. The van der Waals surface area contributed by atoms with Crippen molar-refractivity contribution < 1.29 is 5.11 Å². The van der Waals surface area contributed by atoms with Crippen LogP contribution >= 0.6 is 11.3 Å². The molecule has 1 heterocycles. The smallest absolute Gasteiger partial charge is 0.0869 e. The number of aliphatic hydroxyl groups is 1. The van der Waals surface area contributed by atoms with Gasteiger partial charge in [0, 0.05) is 24.0 Å². The number of hydrogen-bond acceptors (Lipinski definition) is 4. The molecule has 102 valence electrons. The van der Waals surface area contributed by atoms with E-state index in [9.17, 15) is 5.11 Å². The Balaban J connectivity index is 1.90. The minimum absolute atomic E-state index is 0.429. The van der Waals surface area contributed by atoms with Crippen LogP contribution in [0.5, 0.6) is 0 Å². The van der Waals surface area contributed by atoms with Crippen molar-refractivity contribution in [2.24, 2.45) is 5.92 Å². The highest BCUT2D eigenvalue weighted by atomic mass is 32.1. The largest absolute Gasteiger partial charge is 0.388 e. The predicted octanol–water partition coefficient (Wildman–Crippen LogP) is 2.10. The van der Waals surface area contributed by atoms with Crippen LogP contribution in [0.15, 0.2) is 17.5 Å². The molecule has 1 saturated carbocycles. The molecule has 0 aromatic carbocycles. The maximum Gasteiger partial charge on any atom is 0.0869 e. The molecule has 2 rings (SSSR count). The van der Waals surface area contributed by atoms with Gasteiger partial charge >= 0.3 is 0 Å². The summed E-state index contributed by atoms with van der Waals surface area (Å²) >= 11 is 1.81. The van der Waals surface area contributed by atoms with Gasteiger partial charge in [-0.05, 0) is 51.2 Å². The molecule has 0 saturated heterocycles. The molecule has 0 aliphatic heterocycles. The minimum atomic E-state index is -0.673. The lowest BCUT2D eigenvalue weighted by molar-refractivity contribution is 0.0307. The Labute approximate surface area is 114 Å². The van der Waals surface area contributed by atoms with Crippen LogP contribution in [0.4, 0.5) is 0 Å². The normalized spacial score (nSPS) is 20.9. The van der Waals surface area contributed by atoms with E-state index >= 15 is 0 Å². The minimum Gasteiger partial charge on any atom is -0.388 e. The lowest BCUT2D eigenvalue weighted by atomic mass is 10.0. The lowest BCUT2D eigenvalue weighted by Crippen LogP contribution is -2.46. The zero-order valence-electron chi connectivity index (χ0n) is 11.5. The van der Waals surface area contributed by atoms with Crippen LogP contribution < -0.4 is 5.32 Å². The van der Waals surface area contributed by atoms with Crippen molar-refractivity contribution in [3.63, 3.8) is 0 Å². The fourth-order valence-corrected chi connectivity index (χ4v) is 3.36. The lowest BCUT2D eigenvalue weighted by Gasteiger charge is -2.29. The summed E-state index contributed by atoms with van der Waals surface area (Å²) < 4.78 is 0. The average Bonchev–Trinajstić information content (AvgIpc) is 2.92. The highest BCUT2D eigenvalue weighted by Crippen LogP contribution is 2.42. The van der Waals surface area contributed by atoms with Crippen molar-refractivity contribution >= 4 is 11.3 Å². The van der Waals surface area contributed by atoms with E-state index in [-0.39, 0.29) is 0 Å². The quantitative estimate of drug-likeness (QED) is 0.795. The van der Waals surface area contributed by atoms with Crippen LogP contribution in [-0.2, 0) is 0 Å². The van der Waals surface area contributed by atoms with E-state index < -0.39 is 5.60 Å². The number of rotatable bonds is 7. The van der Waals surface area contributed by atoms with Gasteiger partial charge in [-0.2, -0.15) is 0 Å². The molecule has 0 spiro atoms. The summed E-state index contributed by atoms with van der Waals surface area (Å²) in [5.41, 5.74) is -0.673. The van der Waals surface area contributed by atoms with Crippen LogP contribution in [0.2, 0.25) is 0 Å². The summed E-state index contributed by atoms with van der Waals surface area (Å²) in [5, 5.41) is 16.0. The van der Waals surface area contributed by atoms with Gasteiger partial charge in [-0.1, -0.05) is 6.07 Å². The van der Waals surface area contributed by atoms with Gasteiger partial charge in [-0.25, -0.2) is 0 Å². The van der Waals surface area contributed by atoms with Crippen LogP contribution in [0, 0.1) is 5.92 Å². The van der Waals surface area contributed by atoms with Crippen molar-refractivity contribution in [3.05, 3.63) is 22.4 Å². The number of thiophene rings is 1. The summed E-state index contributed by atoms with van der Waals surface area (Å²) in [5.74, 6) is 0.763. The fraction of sp³-hybridized carbons (Fsp3) is 0.714. The van der Waals surface area contributed by atoms with Crippen molar-refractivity contribution in [2.45, 2.75) is 31.4 Å². The molecule has 1 fully saturated rings. The van der Waals surface area contributed by atoms with E-state index in [0.717, 1.165) is 5.92 Å². The van der Waals surface area contributed by atoms with Gasteiger partial charge in [-0.3, -0.25) is 0 Å². The fourth-order valence-electron chi connectivity index (χ4n) is 2.46. The Kier molecular flexibility index (Phi) is 4.43. The third-order valence-electron chi connectivity index (χ3n) is 3.30. The zero-order chi connectivity index (χ0) is 13.2. The van der Waals surface area contributed by atoms with E-state index in [2.05, 4.69) is 22.8 Å². The van der Waals surface area contributed by atoms with Gasteiger partial charge in [0.05, 0.1) is 5.60 Å². The molecule has 0 bridgehead atoms. The second-order valence-corrected chi connectivity index (χ2v) is 6.93. The van der Waals surface area contributed by atoms with Gasteiger partial charge in [0.25, 0.3) is 0 Å². The summed E-state index contributed by atoms with van der Waals surface area (Å²) in [7, 11) is 3.98. The van der Waals surface area contributed by atoms with Crippen molar-refractivity contribution in [1.29, 1.82) is 0 Å². The molecule has 1 aliphatic carbocycles. The van der Waals surface area contributed by atoms with Crippen LogP contribution in [0.3, 0.4) is 0 Å². The number of nitrogens with one attached hydrogen (secondary N) is 1. The summed E-state index contributed by atoms with van der Waals surface area (Å²) in [6.07, 6.45) is 2.62. The SMILES string of the molecule is CN(C)CC(C)(O)CNC(c1cccs1)C1CC1. The van der Waals surface area contributed by atoms with Gasteiger partial charge in [-0.15, -0.1) is 11.3 Å². The molecule has 3 nitrogen and oxygen atoms in total. The predicted molar refractivity (Wildman–Crippen MR) is 77.0 cm³/mol. The number of nitrogens with zero attached hydrogens (tertiary/aromatic N) is 1. The van der Waals surface area contributed by atoms with Gasteiger partial charge in [0.15, 0.2) is 0 Å². The standard InChI is InChI=1S/C14H24N2OS/c1-14(17,10-16(2)3)9-15-13(11-6-7-11)12-5-4-8-18-12/h4-5,8,11,13,15,17H,6-7,9-10H2,1-3H3. The van der Waals surface area contributed by atoms with E-state index in [0.29, 0.717) is 19.1 Å². The Morgan fingerprint density at radius 3 is 2.78 bits per heavy atom. The molecular formula is C14H24N2OS. The van der Waals surface area contributed by atoms with E-state index in [4.69, 9.17) is 0 Å².